The Morgan fingerprint density at radius 3 is 2.49 bits per heavy atom. The highest BCUT2D eigenvalue weighted by Crippen LogP contribution is 2.48. The molecule has 0 aromatic heterocycles. The van der Waals surface area contributed by atoms with E-state index in [1.165, 1.54) is 7.11 Å². The Hall–Kier alpha value is -3.48. The number of hydrogen-bond donors (Lipinski definition) is 1. The molecule has 0 saturated carbocycles. The normalized spacial score (nSPS) is 15.5. The molecule has 2 aromatic rings. The smallest absolute Gasteiger partial charge is 0.408 e. The number of fused-ring (bicyclic) bond motifs is 1. The van der Waals surface area contributed by atoms with E-state index >= 15 is 0 Å². The van der Waals surface area contributed by atoms with Crippen molar-refractivity contribution in [3.05, 3.63) is 64.7 Å². The molecule has 0 fully saturated rings. The Labute approximate surface area is 207 Å². The first-order valence-corrected chi connectivity index (χ1v) is 11.7. The molecule has 35 heavy (non-hydrogen) atoms. The summed E-state index contributed by atoms with van der Waals surface area (Å²) in [5.74, 6) is 1.05. The second kappa shape index (κ2) is 10.8. The summed E-state index contributed by atoms with van der Waals surface area (Å²) in [5, 5.41) is 2.67. The molecule has 0 heterocycles. The second-order valence-corrected chi connectivity index (χ2v) is 9.51. The van der Waals surface area contributed by atoms with Crippen LogP contribution in [0.5, 0.6) is 11.5 Å². The molecule has 2 aromatic carbocycles. The molecule has 0 aliphatic heterocycles. The van der Waals surface area contributed by atoms with Crippen molar-refractivity contribution in [2.45, 2.75) is 57.6 Å². The lowest BCUT2D eigenvalue weighted by molar-refractivity contribution is -0.143. The number of esters is 1. The predicted molar refractivity (Wildman–Crippen MR) is 135 cm³/mol. The third-order valence-corrected chi connectivity index (χ3v) is 6.15. The van der Waals surface area contributed by atoms with Gasteiger partial charge in [0, 0.05) is 23.5 Å². The van der Waals surface area contributed by atoms with E-state index in [-0.39, 0.29) is 5.92 Å². The molecule has 7 heteroatoms. The molecule has 1 N–H and O–H groups in total. The van der Waals surface area contributed by atoms with E-state index in [1.807, 2.05) is 24.3 Å². The van der Waals surface area contributed by atoms with Crippen LogP contribution in [-0.2, 0) is 27.1 Å². The van der Waals surface area contributed by atoms with E-state index in [2.05, 4.69) is 18.0 Å². The summed E-state index contributed by atoms with van der Waals surface area (Å²) in [6.07, 6.45) is 3.10. The Bertz CT molecular complexity index is 1100. The number of hydrogen-bond acceptors (Lipinski definition) is 6. The van der Waals surface area contributed by atoms with Crippen molar-refractivity contribution in [2.24, 2.45) is 0 Å². The van der Waals surface area contributed by atoms with Crippen molar-refractivity contribution in [1.29, 1.82) is 0 Å². The maximum atomic E-state index is 12.5. The molecule has 7 nitrogen and oxygen atoms in total. The summed E-state index contributed by atoms with van der Waals surface area (Å²) in [7, 11) is 4.62. The number of carbonyl (C=O) groups is 2. The summed E-state index contributed by atoms with van der Waals surface area (Å²) in [4.78, 5) is 24.9. The highest BCUT2D eigenvalue weighted by atomic mass is 16.6. The first-order valence-electron chi connectivity index (χ1n) is 11.7. The lowest BCUT2D eigenvalue weighted by atomic mass is 9.88. The number of amides is 1. The average Bonchev–Trinajstić information content (AvgIpc) is 3.25. The van der Waals surface area contributed by atoms with Crippen molar-refractivity contribution in [3.63, 3.8) is 0 Å². The van der Waals surface area contributed by atoms with E-state index in [0.29, 0.717) is 6.42 Å². The molecular weight excluding hydrogens is 446 g/mol. The fourth-order valence-electron chi connectivity index (χ4n) is 4.72. The van der Waals surface area contributed by atoms with Crippen molar-refractivity contribution >= 4 is 18.1 Å². The fraction of sp³-hybridized carbons (Fsp3) is 0.429. The number of nitrogens with one attached hydrogen (secondary N) is 1. The number of carbonyl (C=O) groups excluding carboxylic acids is 2. The van der Waals surface area contributed by atoms with Crippen LogP contribution in [0, 0.1) is 0 Å². The van der Waals surface area contributed by atoms with E-state index in [0.717, 1.165) is 52.2 Å². The van der Waals surface area contributed by atoms with Crippen LogP contribution in [0.3, 0.4) is 0 Å². The van der Waals surface area contributed by atoms with Gasteiger partial charge in [0.25, 0.3) is 0 Å². The maximum Gasteiger partial charge on any atom is 0.408 e. The summed E-state index contributed by atoms with van der Waals surface area (Å²) in [6, 6.07) is 9.07. The third kappa shape index (κ3) is 5.78. The monoisotopic (exact) mass is 481 g/mol. The second-order valence-electron chi connectivity index (χ2n) is 9.51. The zero-order valence-electron chi connectivity index (χ0n) is 21.4. The Morgan fingerprint density at radius 2 is 1.89 bits per heavy atom. The van der Waals surface area contributed by atoms with Crippen LogP contribution in [-0.4, -0.2) is 45.0 Å². The van der Waals surface area contributed by atoms with Crippen molar-refractivity contribution in [1.82, 2.24) is 5.32 Å². The van der Waals surface area contributed by atoms with Gasteiger partial charge in [0.15, 0.2) is 0 Å². The molecule has 1 amide bonds. The topological polar surface area (TPSA) is 83.1 Å². The average molecular weight is 482 g/mol. The molecule has 1 unspecified atom stereocenters. The van der Waals surface area contributed by atoms with Gasteiger partial charge in [-0.15, -0.1) is 0 Å². The Balaban J connectivity index is 1.97. The minimum Gasteiger partial charge on any atom is -0.496 e. The van der Waals surface area contributed by atoms with Gasteiger partial charge in [0.2, 0.25) is 0 Å². The van der Waals surface area contributed by atoms with Gasteiger partial charge in [-0.05, 0) is 62.4 Å². The van der Waals surface area contributed by atoms with Crippen LogP contribution in [0.1, 0.15) is 60.9 Å². The van der Waals surface area contributed by atoms with Crippen molar-refractivity contribution in [3.8, 4) is 11.5 Å². The van der Waals surface area contributed by atoms with E-state index in [9.17, 15) is 9.59 Å². The van der Waals surface area contributed by atoms with Gasteiger partial charge in [-0.3, -0.25) is 0 Å². The molecule has 188 valence electrons. The zero-order valence-corrected chi connectivity index (χ0v) is 21.4. The maximum absolute atomic E-state index is 12.5. The van der Waals surface area contributed by atoms with Crippen LogP contribution in [0.25, 0.3) is 6.08 Å². The zero-order chi connectivity index (χ0) is 25.8. The Morgan fingerprint density at radius 1 is 1.14 bits per heavy atom. The molecule has 3 rings (SSSR count). The van der Waals surface area contributed by atoms with Gasteiger partial charge >= 0.3 is 12.1 Å². The highest BCUT2D eigenvalue weighted by molar-refractivity contribution is 5.81. The first kappa shape index (κ1) is 26.1. The molecule has 0 bridgehead atoms. The van der Waals surface area contributed by atoms with Crippen molar-refractivity contribution in [2.75, 3.05) is 21.3 Å². The van der Waals surface area contributed by atoms with E-state index in [1.54, 1.807) is 41.1 Å². The summed E-state index contributed by atoms with van der Waals surface area (Å²) < 4.78 is 21.8. The lowest BCUT2D eigenvalue weighted by Gasteiger charge is -2.23. The van der Waals surface area contributed by atoms with Crippen LogP contribution in [0.2, 0.25) is 0 Å². The van der Waals surface area contributed by atoms with Crippen LogP contribution >= 0.6 is 0 Å². The SMILES string of the molecule is C=Cc1ccc(OC)c(C2CCc3c(C[C@H](NC(=O)OC(C)(C)C)C(=O)OC)cccc32)c1OC. The summed E-state index contributed by atoms with van der Waals surface area (Å²) >= 11 is 0. The van der Waals surface area contributed by atoms with Gasteiger partial charge in [-0.1, -0.05) is 30.9 Å². The van der Waals surface area contributed by atoms with Gasteiger partial charge in [-0.25, -0.2) is 9.59 Å². The minimum atomic E-state index is -0.867. The minimum absolute atomic E-state index is 0.0603. The van der Waals surface area contributed by atoms with Crippen LogP contribution in [0.15, 0.2) is 36.9 Å². The van der Waals surface area contributed by atoms with Gasteiger partial charge in [0.1, 0.15) is 23.1 Å². The molecule has 2 atom stereocenters. The highest BCUT2D eigenvalue weighted by Gasteiger charge is 2.33. The number of ether oxygens (including phenoxy) is 4. The molecule has 0 saturated heterocycles. The number of benzene rings is 2. The lowest BCUT2D eigenvalue weighted by Crippen LogP contribution is -2.45. The third-order valence-electron chi connectivity index (χ3n) is 6.15. The molecule has 1 aliphatic rings. The summed E-state index contributed by atoms with van der Waals surface area (Å²) in [5.41, 5.74) is 4.50. The standard InChI is InChI=1S/C28H35NO6/c1-8-17-12-15-23(32-5)24(25(17)33-6)21-14-13-19-18(10-9-11-20(19)21)16-22(26(30)34-7)29-27(31)35-28(2,3)4/h8-12,15,21-22H,1,13-14,16H2,2-7H3,(H,29,31)/t21?,22-/m0/s1. The van der Waals surface area contributed by atoms with Gasteiger partial charge in [-0.2, -0.15) is 0 Å². The van der Waals surface area contributed by atoms with Gasteiger partial charge < -0.3 is 24.3 Å². The number of rotatable bonds is 8. The molecule has 1 aliphatic carbocycles. The van der Waals surface area contributed by atoms with Crippen LogP contribution < -0.4 is 14.8 Å². The van der Waals surface area contributed by atoms with E-state index in [4.69, 9.17) is 18.9 Å². The number of methoxy groups -OCH3 is 3. The Kier molecular flexibility index (Phi) is 8.10. The largest absolute Gasteiger partial charge is 0.496 e. The first-order chi connectivity index (χ1) is 16.6. The quantitative estimate of drug-likeness (QED) is 0.532. The van der Waals surface area contributed by atoms with E-state index < -0.39 is 23.7 Å². The van der Waals surface area contributed by atoms with Gasteiger partial charge in [0.05, 0.1) is 21.3 Å². The molecular formula is C28H35NO6. The number of alkyl carbamates (subject to hydrolysis) is 1. The van der Waals surface area contributed by atoms with Crippen molar-refractivity contribution < 1.29 is 28.5 Å². The van der Waals surface area contributed by atoms with Crippen LogP contribution in [0.4, 0.5) is 4.79 Å². The summed E-state index contributed by atoms with van der Waals surface area (Å²) in [6.45, 7) is 9.23. The fourth-order valence-corrected chi connectivity index (χ4v) is 4.72. The molecule has 0 spiro atoms. The predicted octanol–water partition coefficient (Wildman–Crippen LogP) is 5.03. The molecule has 0 radical (unpaired) electrons.